The molecule has 0 aromatic heterocycles. The molecule has 0 saturated carbocycles. The summed E-state index contributed by atoms with van der Waals surface area (Å²) in [5, 5.41) is 51.8. The van der Waals surface area contributed by atoms with E-state index in [0.717, 1.165) is 8.58 Å². The maximum Gasteiger partial charge on any atom is 0.707 e. The average Bonchev–Trinajstić information content (AvgIpc) is 3.19. The Morgan fingerprint density at radius 2 is 0.466 bits per heavy atom. The first-order chi connectivity index (χ1) is 27.0. The minimum atomic E-state index is -2.70. The highest BCUT2D eigenvalue weighted by atomic mass is 31.1. The molecule has 0 amide bonds. The van der Waals surface area contributed by atoms with Crippen molar-refractivity contribution in [1.82, 2.24) is 0 Å². The third-order valence-corrected chi connectivity index (χ3v) is 7.26. The summed E-state index contributed by atoms with van der Waals surface area (Å²) < 4.78 is 199. The van der Waals surface area contributed by atoms with Gasteiger partial charge in [-0.1, -0.05) is 69.2 Å². The van der Waals surface area contributed by atoms with Gasteiger partial charge in [-0.15, -0.1) is 0 Å². The van der Waals surface area contributed by atoms with Gasteiger partial charge in [0.15, 0.2) is 17.2 Å². The maximum absolute atomic E-state index is 12.7. The van der Waals surface area contributed by atoms with E-state index in [-0.39, 0.29) is 0 Å². The summed E-state index contributed by atoms with van der Waals surface area (Å²) in [6.07, 6.45) is 0. The van der Waals surface area contributed by atoms with E-state index >= 15 is 0 Å². The van der Waals surface area contributed by atoms with Gasteiger partial charge in [-0.05, 0) is 10.6 Å². The Hall–Kier alpha value is -5.17. The molecule has 0 spiro atoms. The van der Waals surface area contributed by atoms with Crippen LogP contribution in [-0.2, 0) is 0 Å². The smallest absolute Gasteiger partial charge is 0.507 e. The third kappa shape index (κ3) is 12.9. The predicted octanol–water partition coefficient (Wildman–Crippen LogP) is 4.51. The second-order valence-electron chi connectivity index (χ2n) is 9.89. The average molecular weight is 870 g/mol. The summed E-state index contributed by atoms with van der Waals surface area (Å²) in [6.45, 7) is 0. The van der Waals surface area contributed by atoms with E-state index in [2.05, 4.69) is 74.6 Å². The van der Waals surface area contributed by atoms with Gasteiger partial charge >= 0.3 is 22.0 Å². The van der Waals surface area contributed by atoms with Gasteiger partial charge in [0, 0.05) is 0 Å². The van der Waals surface area contributed by atoms with Crippen LogP contribution in [0.5, 0.6) is 17.2 Å². The van der Waals surface area contributed by atoms with Crippen LogP contribution >= 0.6 is 8.58 Å². The van der Waals surface area contributed by atoms with Gasteiger partial charge in [-0.2, -0.15) is 26.3 Å². The van der Waals surface area contributed by atoms with Crippen LogP contribution in [0.15, 0.2) is 60.7 Å². The van der Waals surface area contributed by atoms with Crippen LogP contribution in [0, 0.1) is 87.3 Å². The Morgan fingerprint density at radius 3 is 0.638 bits per heavy atom. The molecule has 0 unspecified atom stereocenters. The topological polar surface area (TPSA) is 149 Å². The number of rotatable bonds is 8. The number of hydrogen-bond acceptors (Lipinski definition) is 9. The highest BCUT2D eigenvalue weighted by molar-refractivity contribution is 7.55. The first kappa shape index (κ1) is 49.0. The molecule has 0 aliphatic carbocycles. The lowest BCUT2D eigenvalue weighted by molar-refractivity contribution is 0.262. The normalized spacial score (nSPS) is 10.2. The van der Waals surface area contributed by atoms with Crippen LogP contribution in [-0.4, -0.2) is 52.1 Å². The Labute approximate surface area is 316 Å². The van der Waals surface area contributed by atoms with Crippen molar-refractivity contribution in [2.75, 3.05) is 0 Å². The van der Waals surface area contributed by atoms with Crippen LogP contribution in [0.1, 0.15) is 0 Å². The summed E-state index contributed by atoms with van der Waals surface area (Å²) in [7, 11) is -7.31. The van der Waals surface area contributed by atoms with Gasteiger partial charge in [-0.25, -0.2) is 39.5 Å². The summed E-state index contributed by atoms with van der Waals surface area (Å²) in [5.74, 6) is -39.4. The number of benzene rings is 5. The molecule has 9 nitrogen and oxygen atoms in total. The highest BCUT2D eigenvalue weighted by Gasteiger charge is 2.31. The Morgan fingerprint density at radius 1 is 0.293 bits per heavy atom. The lowest BCUT2D eigenvalue weighted by Crippen LogP contribution is -2.23. The van der Waals surface area contributed by atoms with E-state index in [1.807, 2.05) is 0 Å². The zero-order valence-corrected chi connectivity index (χ0v) is 28.6. The predicted molar refractivity (Wildman–Crippen MR) is 172 cm³/mol. The minimum absolute atomic E-state index is 0.777. The van der Waals surface area contributed by atoms with Crippen molar-refractivity contribution in [3.05, 3.63) is 148 Å². The summed E-state index contributed by atoms with van der Waals surface area (Å²) in [5.41, 5.74) is 0. The van der Waals surface area contributed by atoms with Crippen molar-refractivity contribution in [3.8, 4) is 17.2 Å². The van der Waals surface area contributed by atoms with Crippen LogP contribution in [0.4, 0.5) is 65.9 Å². The zero-order valence-electron chi connectivity index (χ0n) is 27.6. The van der Waals surface area contributed by atoms with Crippen molar-refractivity contribution in [3.63, 3.8) is 0 Å². The van der Waals surface area contributed by atoms with Gasteiger partial charge in [-0.3, -0.25) is 0 Å². The largest absolute Gasteiger partial charge is 0.707 e. The van der Waals surface area contributed by atoms with Crippen molar-refractivity contribution in [2.24, 2.45) is 0 Å². The summed E-state index contributed by atoms with van der Waals surface area (Å²) in [4.78, 5) is 0. The molecule has 0 fully saturated rings. The Balaban J connectivity index is 0.000000267. The SMILES string of the molecule is OB(O)Oc1c(F)c(F)c(F)c(F)c1F.OB(O)Oc1c(F)c(F)c(F)c(F)c1F.OB(O)Oc1c(F)c(F)c(F)c(F)c1F.c1ccc(Pc2ccccc2)cc1. The molecule has 5 aromatic carbocycles. The van der Waals surface area contributed by atoms with Gasteiger partial charge < -0.3 is 44.1 Å². The first-order valence-corrected chi connectivity index (χ1v) is 15.5. The summed E-state index contributed by atoms with van der Waals surface area (Å²) >= 11 is 0. The lowest BCUT2D eigenvalue weighted by atomic mass is 10.2. The van der Waals surface area contributed by atoms with Crippen LogP contribution in [0.25, 0.3) is 0 Å². The molecule has 310 valence electrons. The Bertz CT molecular complexity index is 1860. The highest BCUT2D eigenvalue weighted by Crippen LogP contribution is 2.31. The molecule has 0 radical (unpaired) electrons. The standard InChI is InChI=1S/C12H11P.3C6H2BF5O3/c1-3-7-11(8-4-1)13-12-9-5-2-6-10-12;3*8-1-2(9)4(11)6(15-7(13)14)5(12)3(1)10/h1-10,13H;3*13-14H. The van der Waals surface area contributed by atoms with Crippen molar-refractivity contribution >= 4 is 41.2 Å². The fraction of sp³-hybridized carbons (Fsp3) is 0. The van der Waals surface area contributed by atoms with Gasteiger partial charge in [0.25, 0.3) is 0 Å². The molecular weight excluding hydrogens is 853 g/mol. The van der Waals surface area contributed by atoms with Crippen LogP contribution in [0.2, 0.25) is 0 Å². The molecule has 28 heteroatoms. The Kier molecular flexibility index (Phi) is 18.7. The van der Waals surface area contributed by atoms with E-state index < -0.39 is 126 Å². The maximum atomic E-state index is 12.7. The molecule has 6 N–H and O–H groups in total. The molecule has 5 aromatic rings. The molecule has 58 heavy (non-hydrogen) atoms. The minimum Gasteiger partial charge on any atom is -0.507 e. The van der Waals surface area contributed by atoms with Crippen molar-refractivity contribution in [2.45, 2.75) is 0 Å². The molecule has 0 saturated heterocycles. The monoisotopic (exact) mass is 870 g/mol. The van der Waals surface area contributed by atoms with E-state index in [4.69, 9.17) is 30.1 Å². The zero-order chi connectivity index (χ0) is 44.2. The fourth-order valence-corrected chi connectivity index (χ4v) is 4.64. The second-order valence-corrected chi connectivity index (χ2v) is 11.3. The van der Waals surface area contributed by atoms with Crippen molar-refractivity contribution in [1.29, 1.82) is 0 Å². The van der Waals surface area contributed by atoms with Gasteiger partial charge in [0.05, 0.1) is 0 Å². The molecule has 0 atom stereocenters. The van der Waals surface area contributed by atoms with E-state index in [1.54, 1.807) is 0 Å². The molecule has 0 aliphatic rings. The molecule has 0 aliphatic heterocycles. The molecule has 5 rings (SSSR count). The second kappa shape index (κ2) is 22.1. The van der Waals surface area contributed by atoms with Crippen molar-refractivity contribution < 1.29 is 110 Å². The first-order valence-electron chi connectivity index (χ1n) is 14.5. The molecule has 0 bridgehead atoms. The van der Waals surface area contributed by atoms with Crippen LogP contribution in [0.3, 0.4) is 0 Å². The van der Waals surface area contributed by atoms with E-state index in [9.17, 15) is 65.9 Å². The van der Waals surface area contributed by atoms with E-state index in [0.29, 0.717) is 0 Å². The third-order valence-electron chi connectivity index (χ3n) is 6.01. The van der Waals surface area contributed by atoms with E-state index in [1.165, 1.54) is 10.6 Å². The summed E-state index contributed by atoms with van der Waals surface area (Å²) in [6, 6.07) is 21.2. The number of hydrogen-bond donors (Lipinski definition) is 6. The number of halogens is 15. The van der Waals surface area contributed by atoms with Gasteiger partial charge in [0.2, 0.25) is 87.3 Å². The fourth-order valence-electron chi connectivity index (χ4n) is 3.59. The van der Waals surface area contributed by atoms with Gasteiger partial charge in [0.1, 0.15) is 0 Å². The molecular formula is C30H17B3F15O9P. The quantitative estimate of drug-likeness (QED) is 0.0436. The lowest BCUT2D eigenvalue weighted by Gasteiger charge is -2.08. The van der Waals surface area contributed by atoms with Crippen LogP contribution < -0.4 is 24.6 Å². The molecule has 0 heterocycles.